The van der Waals surface area contributed by atoms with Crippen molar-refractivity contribution in [2.24, 2.45) is 7.05 Å². The number of halogens is 3. The maximum absolute atomic E-state index is 14.1. The molecule has 2 atom stereocenters. The molecule has 3 heterocycles. The van der Waals surface area contributed by atoms with Gasteiger partial charge in [-0.15, -0.1) is 0 Å². The molecule has 4 rings (SSSR count). The molecule has 1 aliphatic rings. The average Bonchev–Trinajstić information content (AvgIpc) is 3.29. The number of hydrogen-bond donors (Lipinski definition) is 1. The summed E-state index contributed by atoms with van der Waals surface area (Å²) in [6, 6.07) is 9.47. The van der Waals surface area contributed by atoms with Crippen LogP contribution in [-0.4, -0.2) is 60.5 Å². The van der Waals surface area contributed by atoms with E-state index in [9.17, 15) is 18.0 Å². The molecule has 38 heavy (non-hydrogen) atoms. The molecule has 1 N–H and O–H groups in total. The first-order chi connectivity index (χ1) is 18.0. The van der Waals surface area contributed by atoms with E-state index in [2.05, 4.69) is 20.2 Å². The minimum Gasteiger partial charge on any atom is -0.378 e. The van der Waals surface area contributed by atoms with Gasteiger partial charge in [0.25, 0.3) is 5.56 Å². The minimum atomic E-state index is -4.62. The monoisotopic (exact) mass is 530 g/mol. The maximum atomic E-state index is 14.1. The topological polar surface area (TPSA) is 75.5 Å². The lowest BCUT2D eigenvalue weighted by Gasteiger charge is -2.23. The highest BCUT2D eigenvalue weighted by molar-refractivity contribution is 5.68. The number of benzene rings is 1. The fourth-order valence-corrected chi connectivity index (χ4v) is 4.74. The van der Waals surface area contributed by atoms with Gasteiger partial charge in [-0.1, -0.05) is 13.0 Å². The Hall–Kier alpha value is -3.60. The van der Waals surface area contributed by atoms with E-state index in [4.69, 9.17) is 4.74 Å². The van der Waals surface area contributed by atoms with Crippen molar-refractivity contribution >= 4 is 17.2 Å². The number of anilines is 3. The summed E-state index contributed by atoms with van der Waals surface area (Å²) in [7, 11) is 4.79. The highest BCUT2D eigenvalue weighted by atomic mass is 19.4. The van der Waals surface area contributed by atoms with Crippen molar-refractivity contribution in [2.75, 3.05) is 48.9 Å². The van der Waals surface area contributed by atoms with Crippen LogP contribution in [0.3, 0.4) is 0 Å². The lowest BCUT2D eigenvalue weighted by Crippen LogP contribution is -2.38. The number of ether oxygens (including phenoxy) is 1. The quantitative estimate of drug-likeness (QED) is 0.468. The standard InChI is InChI=1S/C27H33F3N6O2/c1-6-20-24(32-21-15-36(16-22(21)38-7-2)23-10-8-9-13-31-23)26(37)35(5)25(33-20)18-12-11-17(34(3)4)14-19(18)27(28,29)30/h8-14,21-22,32H,6-7,15-16H2,1-5H3/t21-,22-/m1/s1. The number of pyridine rings is 1. The van der Waals surface area contributed by atoms with Crippen molar-refractivity contribution in [3.05, 3.63) is 64.2 Å². The molecular weight excluding hydrogens is 497 g/mol. The summed E-state index contributed by atoms with van der Waals surface area (Å²) in [5.74, 6) is 0.775. The predicted molar refractivity (Wildman–Crippen MR) is 143 cm³/mol. The van der Waals surface area contributed by atoms with E-state index in [-0.39, 0.29) is 29.2 Å². The summed E-state index contributed by atoms with van der Waals surface area (Å²) in [5.41, 5.74) is -0.344. The molecule has 0 amide bonds. The van der Waals surface area contributed by atoms with Crippen molar-refractivity contribution in [2.45, 2.75) is 38.6 Å². The molecule has 0 radical (unpaired) electrons. The summed E-state index contributed by atoms with van der Waals surface area (Å²) in [5, 5.41) is 3.33. The molecule has 8 nitrogen and oxygen atoms in total. The van der Waals surface area contributed by atoms with Gasteiger partial charge < -0.3 is 19.9 Å². The van der Waals surface area contributed by atoms with Gasteiger partial charge in [0, 0.05) is 58.3 Å². The van der Waals surface area contributed by atoms with Gasteiger partial charge in [0.05, 0.1) is 23.4 Å². The summed E-state index contributed by atoms with van der Waals surface area (Å²) in [4.78, 5) is 26.3. The van der Waals surface area contributed by atoms with E-state index in [0.717, 1.165) is 11.9 Å². The molecule has 3 aromatic rings. The number of aromatic nitrogens is 3. The van der Waals surface area contributed by atoms with E-state index in [1.54, 1.807) is 31.3 Å². The van der Waals surface area contributed by atoms with Gasteiger partial charge in [0.15, 0.2) is 0 Å². The molecule has 0 saturated carbocycles. The van der Waals surface area contributed by atoms with Gasteiger partial charge in [0.2, 0.25) is 0 Å². The van der Waals surface area contributed by atoms with Crippen molar-refractivity contribution in [1.29, 1.82) is 0 Å². The minimum absolute atomic E-state index is 0.0297. The van der Waals surface area contributed by atoms with Crippen molar-refractivity contribution < 1.29 is 17.9 Å². The second-order valence-corrected chi connectivity index (χ2v) is 9.43. The molecular formula is C27H33F3N6O2. The second kappa shape index (κ2) is 11.0. The number of hydrogen-bond acceptors (Lipinski definition) is 7. The van der Waals surface area contributed by atoms with Gasteiger partial charge in [-0.25, -0.2) is 9.97 Å². The molecule has 204 valence electrons. The zero-order valence-corrected chi connectivity index (χ0v) is 22.2. The third-order valence-corrected chi connectivity index (χ3v) is 6.72. The molecule has 0 unspecified atom stereocenters. The summed E-state index contributed by atoms with van der Waals surface area (Å²) in [6.45, 7) is 5.36. The van der Waals surface area contributed by atoms with Gasteiger partial charge in [-0.2, -0.15) is 13.2 Å². The molecule has 0 bridgehead atoms. The summed E-state index contributed by atoms with van der Waals surface area (Å²) >= 11 is 0. The van der Waals surface area contributed by atoms with Crippen molar-refractivity contribution in [1.82, 2.24) is 14.5 Å². The van der Waals surface area contributed by atoms with E-state index in [1.807, 2.05) is 32.0 Å². The Balaban J connectivity index is 1.74. The van der Waals surface area contributed by atoms with Crippen LogP contribution in [0.25, 0.3) is 11.4 Å². The van der Waals surface area contributed by atoms with E-state index < -0.39 is 17.3 Å². The van der Waals surface area contributed by atoms with Crippen LogP contribution in [0.15, 0.2) is 47.4 Å². The maximum Gasteiger partial charge on any atom is 0.417 e. The third kappa shape index (κ3) is 5.47. The first kappa shape index (κ1) is 27.4. The van der Waals surface area contributed by atoms with E-state index in [1.165, 1.54) is 17.7 Å². The molecule has 1 aromatic carbocycles. The first-order valence-corrected chi connectivity index (χ1v) is 12.6. The zero-order valence-electron chi connectivity index (χ0n) is 22.2. The van der Waals surface area contributed by atoms with Crippen LogP contribution in [0.2, 0.25) is 0 Å². The Kier molecular flexibility index (Phi) is 7.96. The Labute approximate surface area is 220 Å². The van der Waals surface area contributed by atoms with Gasteiger partial charge in [0.1, 0.15) is 17.3 Å². The van der Waals surface area contributed by atoms with E-state index in [0.29, 0.717) is 37.5 Å². The summed E-state index contributed by atoms with van der Waals surface area (Å²) in [6.07, 6.45) is -2.75. The fourth-order valence-electron chi connectivity index (χ4n) is 4.74. The molecule has 0 aliphatic carbocycles. The van der Waals surface area contributed by atoms with Gasteiger partial charge >= 0.3 is 6.18 Å². The Morgan fingerprint density at radius 1 is 1.16 bits per heavy atom. The molecule has 1 fully saturated rings. The SMILES string of the molecule is CCO[C@@H]1CN(c2ccccn2)C[C@H]1Nc1c(CC)nc(-c2ccc(N(C)C)cc2C(F)(F)F)n(C)c1=O. The van der Waals surface area contributed by atoms with Crippen LogP contribution in [-0.2, 0) is 24.4 Å². The second-order valence-electron chi connectivity index (χ2n) is 9.43. The van der Waals surface area contributed by atoms with Crippen LogP contribution < -0.4 is 20.7 Å². The fraction of sp³-hybridized carbons (Fsp3) is 0.444. The predicted octanol–water partition coefficient (Wildman–Crippen LogP) is 4.20. The zero-order chi connectivity index (χ0) is 27.6. The number of aryl methyl sites for hydroxylation is 1. The van der Waals surface area contributed by atoms with Crippen LogP contribution in [0.4, 0.5) is 30.4 Å². The van der Waals surface area contributed by atoms with Crippen molar-refractivity contribution in [3.63, 3.8) is 0 Å². The van der Waals surface area contributed by atoms with Crippen LogP contribution in [0, 0.1) is 0 Å². The molecule has 11 heteroatoms. The van der Waals surface area contributed by atoms with Gasteiger partial charge in [-0.3, -0.25) is 9.36 Å². The number of alkyl halides is 3. The van der Waals surface area contributed by atoms with Crippen molar-refractivity contribution in [3.8, 4) is 11.4 Å². The van der Waals surface area contributed by atoms with Crippen LogP contribution in [0.5, 0.6) is 0 Å². The first-order valence-electron chi connectivity index (χ1n) is 12.6. The Morgan fingerprint density at radius 3 is 2.53 bits per heavy atom. The van der Waals surface area contributed by atoms with E-state index >= 15 is 0 Å². The van der Waals surface area contributed by atoms with Crippen LogP contribution in [0.1, 0.15) is 25.1 Å². The molecule has 1 aliphatic heterocycles. The molecule has 2 aromatic heterocycles. The highest BCUT2D eigenvalue weighted by Crippen LogP contribution is 2.38. The lowest BCUT2D eigenvalue weighted by molar-refractivity contribution is -0.137. The smallest absolute Gasteiger partial charge is 0.378 e. The number of nitrogens with one attached hydrogen (secondary N) is 1. The number of nitrogens with zero attached hydrogens (tertiary/aromatic N) is 5. The average molecular weight is 531 g/mol. The molecule has 0 spiro atoms. The lowest BCUT2D eigenvalue weighted by atomic mass is 10.0. The largest absolute Gasteiger partial charge is 0.417 e. The normalized spacial score (nSPS) is 17.6. The Bertz CT molecular complexity index is 1330. The third-order valence-electron chi connectivity index (χ3n) is 6.72. The van der Waals surface area contributed by atoms with Crippen LogP contribution >= 0.6 is 0 Å². The Morgan fingerprint density at radius 2 is 1.92 bits per heavy atom. The molecule has 1 saturated heterocycles. The highest BCUT2D eigenvalue weighted by Gasteiger charge is 2.37. The van der Waals surface area contributed by atoms with Gasteiger partial charge in [-0.05, 0) is 43.7 Å². The number of rotatable bonds is 8. The summed E-state index contributed by atoms with van der Waals surface area (Å²) < 4.78 is 49.3.